The van der Waals surface area contributed by atoms with Gasteiger partial charge in [-0.2, -0.15) is 0 Å². The molecular formula is C14H16N2O3. The predicted octanol–water partition coefficient (Wildman–Crippen LogP) is 0.584. The van der Waals surface area contributed by atoms with Crippen LogP contribution in [-0.4, -0.2) is 43.0 Å². The Balaban J connectivity index is 1.81. The van der Waals surface area contributed by atoms with Crippen LogP contribution >= 0.6 is 0 Å². The highest BCUT2D eigenvalue weighted by Gasteiger charge is 2.22. The number of nitrogens with one attached hydrogen (secondary N) is 1. The van der Waals surface area contributed by atoms with E-state index >= 15 is 0 Å². The fourth-order valence-corrected chi connectivity index (χ4v) is 2.48. The molecule has 0 aliphatic carbocycles. The van der Waals surface area contributed by atoms with Crippen molar-refractivity contribution < 1.29 is 14.3 Å². The summed E-state index contributed by atoms with van der Waals surface area (Å²) >= 11 is 0. The van der Waals surface area contributed by atoms with Gasteiger partial charge in [0.25, 0.3) is 5.91 Å². The standard InChI is InChI=1S/C14H16N2O3/c17-13-9-16(6-1-5-15-13)14(18)11-2-3-12-10(8-11)4-7-19-12/h2-3,8H,1,4-7,9H2,(H,15,17). The summed E-state index contributed by atoms with van der Waals surface area (Å²) in [5, 5.41) is 2.77. The Morgan fingerprint density at radius 3 is 3.16 bits per heavy atom. The van der Waals surface area contributed by atoms with Gasteiger partial charge in [0.15, 0.2) is 0 Å². The van der Waals surface area contributed by atoms with Gasteiger partial charge in [0, 0.05) is 25.1 Å². The number of carbonyl (C=O) groups excluding carboxylic acids is 2. The number of benzene rings is 1. The SMILES string of the molecule is O=C1CN(C(=O)c2ccc3c(c2)CCO3)CCCN1. The normalized spacial score (nSPS) is 18.3. The molecule has 0 atom stereocenters. The summed E-state index contributed by atoms with van der Waals surface area (Å²) in [6.07, 6.45) is 1.64. The molecule has 2 heterocycles. The molecule has 3 rings (SSSR count). The fraction of sp³-hybridized carbons (Fsp3) is 0.429. The molecule has 2 aliphatic rings. The Morgan fingerprint density at radius 1 is 1.37 bits per heavy atom. The molecule has 1 fully saturated rings. The molecule has 19 heavy (non-hydrogen) atoms. The van der Waals surface area contributed by atoms with Gasteiger partial charge in [-0.1, -0.05) is 0 Å². The van der Waals surface area contributed by atoms with Crippen LogP contribution < -0.4 is 10.1 Å². The molecule has 5 nitrogen and oxygen atoms in total. The molecule has 1 saturated heterocycles. The summed E-state index contributed by atoms with van der Waals surface area (Å²) in [6.45, 7) is 2.08. The van der Waals surface area contributed by atoms with E-state index in [0.717, 1.165) is 24.2 Å². The summed E-state index contributed by atoms with van der Waals surface area (Å²) in [5.74, 6) is 0.701. The topological polar surface area (TPSA) is 58.6 Å². The van der Waals surface area contributed by atoms with Crippen LogP contribution in [0.1, 0.15) is 22.3 Å². The highest BCUT2D eigenvalue weighted by Crippen LogP contribution is 2.26. The van der Waals surface area contributed by atoms with Crippen LogP contribution in [-0.2, 0) is 11.2 Å². The third-order valence-electron chi connectivity index (χ3n) is 3.49. The quantitative estimate of drug-likeness (QED) is 0.803. The minimum Gasteiger partial charge on any atom is -0.493 e. The molecule has 0 saturated carbocycles. The molecule has 1 aromatic carbocycles. The first-order chi connectivity index (χ1) is 9.24. The Hall–Kier alpha value is -2.04. The van der Waals surface area contributed by atoms with E-state index in [2.05, 4.69) is 5.32 Å². The van der Waals surface area contributed by atoms with Crippen molar-refractivity contribution in [1.82, 2.24) is 10.2 Å². The van der Waals surface area contributed by atoms with Gasteiger partial charge in [-0.05, 0) is 30.2 Å². The average molecular weight is 260 g/mol. The molecule has 100 valence electrons. The lowest BCUT2D eigenvalue weighted by Gasteiger charge is -2.19. The van der Waals surface area contributed by atoms with Gasteiger partial charge < -0.3 is 15.0 Å². The predicted molar refractivity (Wildman–Crippen MR) is 69.2 cm³/mol. The first kappa shape index (κ1) is 12.0. The van der Waals surface area contributed by atoms with Crippen molar-refractivity contribution in [2.45, 2.75) is 12.8 Å². The van der Waals surface area contributed by atoms with Gasteiger partial charge >= 0.3 is 0 Å². The van der Waals surface area contributed by atoms with E-state index in [1.54, 1.807) is 11.0 Å². The van der Waals surface area contributed by atoms with Crippen molar-refractivity contribution in [3.8, 4) is 5.75 Å². The molecule has 0 aromatic heterocycles. The van der Waals surface area contributed by atoms with Crippen LogP contribution in [0.3, 0.4) is 0 Å². The summed E-state index contributed by atoms with van der Waals surface area (Å²) in [4.78, 5) is 25.5. The van der Waals surface area contributed by atoms with Crippen molar-refractivity contribution in [2.75, 3.05) is 26.2 Å². The molecule has 0 radical (unpaired) electrons. The first-order valence-electron chi connectivity index (χ1n) is 6.56. The summed E-state index contributed by atoms with van der Waals surface area (Å²) in [5.41, 5.74) is 1.71. The molecule has 0 bridgehead atoms. The van der Waals surface area contributed by atoms with E-state index in [1.165, 1.54) is 0 Å². The monoisotopic (exact) mass is 260 g/mol. The maximum absolute atomic E-state index is 12.4. The largest absolute Gasteiger partial charge is 0.493 e. The maximum Gasteiger partial charge on any atom is 0.254 e. The zero-order valence-electron chi connectivity index (χ0n) is 10.6. The third-order valence-corrected chi connectivity index (χ3v) is 3.49. The van der Waals surface area contributed by atoms with E-state index in [0.29, 0.717) is 25.3 Å². The number of rotatable bonds is 1. The number of ether oxygens (including phenoxy) is 1. The van der Waals surface area contributed by atoms with Crippen LogP contribution in [0.25, 0.3) is 0 Å². The molecule has 1 N–H and O–H groups in total. The first-order valence-corrected chi connectivity index (χ1v) is 6.56. The van der Waals surface area contributed by atoms with E-state index in [4.69, 9.17) is 4.74 Å². The Bertz CT molecular complexity index is 527. The number of fused-ring (bicyclic) bond motifs is 1. The molecule has 5 heteroatoms. The lowest BCUT2D eigenvalue weighted by molar-refractivity contribution is -0.121. The van der Waals surface area contributed by atoms with Crippen LogP contribution in [0.4, 0.5) is 0 Å². The van der Waals surface area contributed by atoms with Crippen molar-refractivity contribution in [2.24, 2.45) is 0 Å². The van der Waals surface area contributed by atoms with Crippen molar-refractivity contribution in [3.63, 3.8) is 0 Å². The van der Waals surface area contributed by atoms with Gasteiger partial charge in [0.1, 0.15) is 5.75 Å². The zero-order chi connectivity index (χ0) is 13.2. The van der Waals surface area contributed by atoms with Gasteiger partial charge in [0.05, 0.1) is 13.2 Å². The van der Waals surface area contributed by atoms with Gasteiger partial charge in [-0.3, -0.25) is 9.59 Å². The van der Waals surface area contributed by atoms with E-state index in [1.807, 2.05) is 12.1 Å². The Morgan fingerprint density at radius 2 is 2.26 bits per heavy atom. The molecule has 0 unspecified atom stereocenters. The van der Waals surface area contributed by atoms with Crippen LogP contribution in [0.2, 0.25) is 0 Å². The zero-order valence-corrected chi connectivity index (χ0v) is 10.6. The molecular weight excluding hydrogens is 244 g/mol. The van der Waals surface area contributed by atoms with Gasteiger partial charge in [0.2, 0.25) is 5.91 Å². The minimum atomic E-state index is -0.0876. The van der Waals surface area contributed by atoms with Crippen molar-refractivity contribution in [1.29, 1.82) is 0 Å². The lowest BCUT2D eigenvalue weighted by Crippen LogP contribution is -2.37. The second-order valence-corrected chi connectivity index (χ2v) is 4.85. The number of hydrogen-bond acceptors (Lipinski definition) is 3. The maximum atomic E-state index is 12.4. The Labute approximate surface area is 111 Å². The fourth-order valence-electron chi connectivity index (χ4n) is 2.48. The average Bonchev–Trinajstić information content (AvgIpc) is 2.78. The van der Waals surface area contributed by atoms with E-state index in [-0.39, 0.29) is 18.4 Å². The van der Waals surface area contributed by atoms with Crippen LogP contribution in [0.15, 0.2) is 18.2 Å². The Kier molecular flexibility index (Phi) is 3.11. The van der Waals surface area contributed by atoms with Crippen LogP contribution in [0, 0.1) is 0 Å². The van der Waals surface area contributed by atoms with Gasteiger partial charge in [-0.15, -0.1) is 0 Å². The highest BCUT2D eigenvalue weighted by molar-refractivity contribution is 5.97. The van der Waals surface area contributed by atoms with E-state index in [9.17, 15) is 9.59 Å². The van der Waals surface area contributed by atoms with E-state index < -0.39 is 0 Å². The summed E-state index contributed by atoms with van der Waals surface area (Å²) < 4.78 is 5.43. The highest BCUT2D eigenvalue weighted by atomic mass is 16.5. The third kappa shape index (κ3) is 2.41. The van der Waals surface area contributed by atoms with Crippen molar-refractivity contribution >= 4 is 11.8 Å². The van der Waals surface area contributed by atoms with Crippen LogP contribution in [0.5, 0.6) is 5.75 Å². The number of hydrogen-bond donors (Lipinski definition) is 1. The van der Waals surface area contributed by atoms with Crippen molar-refractivity contribution in [3.05, 3.63) is 29.3 Å². The minimum absolute atomic E-state index is 0.0771. The molecule has 2 amide bonds. The molecule has 0 spiro atoms. The van der Waals surface area contributed by atoms with Gasteiger partial charge in [-0.25, -0.2) is 0 Å². The summed E-state index contributed by atoms with van der Waals surface area (Å²) in [6, 6.07) is 5.50. The number of carbonyl (C=O) groups is 2. The second kappa shape index (κ2) is 4.91. The number of amides is 2. The number of nitrogens with zero attached hydrogens (tertiary/aromatic N) is 1. The smallest absolute Gasteiger partial charge is 0.254 e. The second-order valence-electron chi connectivity index (χ2n) is 4.85. The summed E-state index contributed by atoms with van der Waals surface area (Å²) in [7, 11) is 0. The lowest BCUT2D eigenvalue weighted by atomic mass is 10.1. The molecule has 1 aromatic rings. The molecule has 2 aliphatic heterocycles.